The van der Waals surface area contributed by atoms with E-state index < -0.39 is 11.6 Å². The van der Waals surface area contributed by atoms with Crippen LogP contribution in [0.3, 0.4) is 0 Å². The van der Waals surface area contributed by atoms with Crippen LogP contribution in [-0.4, -0.2) is 23.8 Å². The Kier molecular flexibility index (Phi) is 3.06. The molecular weight excluding hydrogens is 268 g/mol. The number of aliphatic hydroxyl groups is 1. The van der Waals surface area contributed by atoms with Gasteiger partial charge in [0.05, 0.1) is 12.7 Å². The number of benzene rings is 2. The Bertz CT molecular complexity index is 770. The van der Waals surface area contributed by atoms with E-state index in [-0.39, 0.29) is 16.9 Å². The molecular formula is C17H12O4. The highest BCUT2D eigenvalue weighted by Gasteiger charge is 2.33. The van der Waals surface area contributed by atoms with E-state index in [2.05, 4.69) is 0 Å². The average Bonchev–Trinajstić information content (AvgIpc) is 2.53. The number of rotatable bonds is 2. The van der Waals surface area contributed by atoms with Crippen molar-refractivity contribution in [3.05, 3.63) is 65.2 Å². The lowest BCUT2D eigenvalue weighted by Gasteiger charge is -2.17. The van der Waals surface area contributed by atoms with Crippen LogP contribution in [-0.2, 0) is 4.79 Å². The van der Waals surface area contributed by atoms with Crippen LogP contribution in [0.4, 0.5) is 0 Å². The molecule has 4 nitrogen and oxygen atoms in total. The summed E-state index contributed by atoms with van der Waals surface area (Å²) in [7, 11) is 1.54. The smallest absolute Gasteiger partial charge is 0.237 e. The first-order chi connectivity index (χ1) is 10.1. The molecule has 0 amide bonds. The van der Waals surface area contributed by atoms with Crippen LogP contribution in [0.15, 0.2) is 48.5 Å². The number of Topliss-reactive ketones (excluding diaryl/α,β-unsaturated/α-hetero) is 2. The number of ketones is 2. The second-order valence-corrected chi connectivity index (χ2v) is 4.66. The van der Waals surface area contributed by atoms with Crippen molar-refractivity contribution in [3.8, 4) is 5.75 Å². The molecule has 0 heterocycles. The minimum Gasteiger partial charge on any atom is -0.506 e. The zero-order chi connectivity index (χ0) is 15.0. The van der Waals surface area contributed by atoms with E-state index >= 15 is 0 Å². The number of carbonyl (C=O) groups excluding carboxylic acids is 2. The van der Waals surface area contributed by atoms with Gasteiger partial charge in [0, 0.05) is 11.1 Å². The van der Waals surface area contributed by atoms with Crippen LogP contribution in [0.2, 0.25) is 0 Å². The van der Waals surface area contributed by atoms with Gasteiger partial charge in [0.2, 0.25) is 11.6 Å². The highest BCUT2D eigenvalue weighted by molar-refractivity contribution is 6.62. The summed E-state index contributed by atoms with van der Waals surface area (Å²) in [5.74, 6) is -0.834. The lowest BCUT2D eigenvalue weighted by Crippen LogP contribution is -2.23. The molecule has 0 radical (unpaired) electrons. The van der Waals surface area contributed by atoms with Crippen LogP contribution in [0.5, 0.6) is 5.75 Å². The molecule has 1 N–H and O–H groups in total. The highest BCUT2D eigenvalue weighted by Crippen LogP contribution is 2.33. The van der Waals surface area contributed by atoms with Gasteiger partial charge in [-0.1, -0.05) is 36.4 Å². The van der Waals surface area contributed by atoms with E-state index in [1.165, 1.54) is 13.2 Å². The third-order valence-corrected chi connectivity index (χ3v) is 3.48. The first-order valence-electron chi connectivity index (χ1n) is 6.39. The number of fused-ring (bicyclic) bond motifs is 1. The van der Waals surface area contributed by atoms with E-state index in [0.717, 1.165) is 0 Å². The Morgan fingerprint density at radius 2 is 1.48 bits per heavy atom. The molecule has 4 heteroatoms. The Balaban J connectivity index is 2.20. The molecule has 21 heavy (non-hydrogen) atoms. The molecule has 0 unspecified atom stereocenters. The molecule has 0 fully saturated rings. The van der Waals surface area contributed by atoms with Gasteiger partial charge in [-0.25, -0.2) is 0 Å². The van der Waals surface area contributed by atoms with Crippen molar-refractivity contribution in [1.82, 2.24) is 0 Å². The summed E-state index contributed by atoms with van der Waals surface area (Å²) in [4.78, 5) is 24.4. The second kappa shape index (κ2) is 4.90. The van der Waals surface area contributed by atoms with Gasteiger partial charge in [0.15, 0.2) is 0 Å². The fourth-order valence-electron chi connectivity index (χ4n) is 2.39. The summed E-state index contributed by atoms with van der Waals surface area (Å²) in [6.07, 6.45) is 0. The van der Waals surface area contributed by atoms with Gasteiger partial charge < -0.3 is 9.84 Å². The molecule has 0 atom stereocenters. The summed E-state index contributed by atoms with van der Waals surface area (Å²) < 4.78 is 5.06. The third kappa shape index (κ3) is 2.01. The second-order valence-electron chi connectivity index (χ2n) is 4.66. The average molecular weight is 280 g/mol. The maximum absolute atomic E-state index is 12.3. The van der Waals surface area contributed by atoms with Gasteiger partial charge in [-0.15, -0.1) is 0 Å². The number of hydrogen-bond donors (Lipinski definition) is 1. The maximum Gasteiger partial charge on any atom is 0.237 e. The maximum atomic E-state index is 12.3. The molecule has 3 rings (SSSR count). The SMILES string of the molecule is COc1ccc(C2=C(O)c3ccccc3C(=O)C2=O)cc1. The Morgan fingerprint density at radius 3 is 2.10 bits per heavy atom. The fourth-order valence-corrected chi connectivity index (χ4v) is 2.39. The number of hydrogen-bond acceptors (Lipinski definition) is 4. The van der Waals surface area contributed by atoms with Crippen LogP contribution in [0.25, 0.3) is 11.3 Å². The van der Waals surface area contributed by atoms with Crippen molar-refractivity contribution in [3.63, 3.8) is 0 Å². The zero-order valence-electron chi connectivity index (χ0n) is 11.3. The first kappa shape index (κ1) is 13.1. The molecule has 1 aliphatic carbocycles. The van der Waals surface area contributed by atoms with Crippen molar-refractivity contribution >= 4 is 22.9 Å². The first-order valence-corrected chi connectivity index (χ1v) is 6.39. The number of ether oxygens (including phenoxy) is 1. The predicted molar refractivity (Wildman–Crippen MR) is 78.2 cm³/mol. The van der Waals surface area contributed by atoms with Gasteiger partial charge in [-0.3, -0.25) is 9.59 Å². The van der Waals surface area contributed by atoms with E-state index in [9.17, 15) is 14.7 Å². The number of carbonyl (C=O) groups is 2. The van der Waals surface area contributed by atoms with E-state index in [0.29, 0.717) is 16.9 Å². The van der Waals surface area contributed by atoms with Crippen LogP contribution >= 0.6 is 0 Å². The van der Waals surface area contributed by atoms with Gasteiger partial charge in [0.1, 0.15) is 11.5 Å². The lowest BCUT2D eigenvalue weighted by molar-refractivity contribution is -0.110. The molecule has 2 aromatic carbocycles. The standard InChI is InChI=1S/C17H12O4/c1-21-11-8-6-10(7-9-11)14-15(18)12-4-2-3-5-13(12)16(19)17(14)20/h2-9,18H,1H3. The van der Waals surface area contributed by atoms with Crippen LogP contribution in [0.1, 0.15) is 21.5 Å². The topological polar surface area (TPSA) is 63.6 Å². The largest absolute Gasteiger partial charge is 0.506 e. The number of allylic oxidation sites excluding steroid dienone is 1. The normalized spacial score (nSPS) is 14.1. The Morgan fingerprint density at radius 1 is 0.857 bits per heavy atom. The molecule has 1 aliphatic rings. The summed E-state index contributed by atoms with van der Waals surface area (Å²) in [5, 5.41) is 10.4. The summed E-state index contributed by atoms with van der Waals surface area (Å²) in [5.41, 5.74) is 1.13. The van der Waals surface area contributed by atoms with Crippen molar-refractivity contribution in [2.45, 2.75) is 0 Å². The minimum atomic E-state index is -0.698. The van der Waals surface area contributed by atoms with Crippen molar-refractivity contribution < 1.29 is 19.4 Å². The highest BCUT2D eigenvalue weighted by atomic mass is 16.5. The van der Waals surface area contributed by atoms with E-state index in [1.54, 1.807) is 42.5 Å². The van der Waals surface area contributed by atoms with Crippen LogP contribution < -0.4 is 4.74 Å². The van der Waals surface area contributed by atoms with Crippen molar-refractivity contribution in [2.24, 2.45) is 0 Å². The molecule has 0 saturated heterocycles. The summed E-state index contributed by atoms with van der Waals surface area (Å²) in [6, 6.07) is 13.2. The summed E-state index contributed by atoms with van der Waals surface area (Å²) in [6.45, 7) is 0. The Labute approximate surface area is 121 Å². The van der Waals surface area contributed by atoms with Crippen molar-refractivity contribution in [2.75, 3.05) is 7.11 Å². The molecule has 0 spiro atoms. The number of methoxy groups -OCH3 is 1. The van der Waals surface area contributed by atoms with Gasteiger partial charge >= 0.3 is 0 Å². The fraction of sp³-hybridized carbons (Fsp3) is 0.0588. The minimum absolute atomic E-state index is 0.0290. The van der Waals surface area contributed by atoms with Gasteiger partial charge in [-0.05, 0) is 17.7 Å². The van der Waals surface area contributed by atoms with Crippen molar-refractivity contribution in [1.29, 1.82) is 0 Å². The molecule has 0 aromatic heterocycles. The summed E-state index contributed by atoms with van der Waals surface area (Å²) >= 11 is 0. The molecule has 0 saturated carbocycles. The van der Waals surface area contributed by atoms with Gasteiger partial charge in [-0.2, -0.15) is 0 Å². The predicted octanol–water partition coefficient (Wildman–Crippen LogP) is 2.89. The quantitative estimate of drug-likeness (QED) is 0.859. The molecule has 104 valence electrons. The van der Waals surface area contributed by atoms with Gasteiger partial charge in [0.25, 0.3) is 0 Å². The van der Waals surface area contributed by atoms with E-state index in [1.807, 2.05) is 0 Å². The Hall–Kier alpha value is -2.88. The number of aliphatic hydroxyl groups excluding tert-OH is 1. The van der Waals surface area contributed by atoms with E-state index in [4.69, 9.17) is 4.74 Å². The molecule has 0 bridgehead atoms. The lowest BCUT2D eigenvalue weighted by atomic mass is 9.85. The third-order valence-electron chi connectivity index (χ3n) is 3.48. The molecule has 2 aromatic rings. The molecule has 0 aliphatic heterocycles. The van der Waals surface area contributed by atoms with Crippen LogP contribution in [0, 0.1) is 0 Å². The monoisotopic (exact) mass is 280 g/mol. The zero-order valence-corrected chi connectivity index (χ0v) is 11.3.